The summed E-state index contributed by atoms with van der Waals surface area (Å²) in [4.78, 5) is 0. The number of rotatable bonds is 7. The minimum absolute atomic E-state index is 0.292. The Morgan fingerprint density at radius 2 is 1.95 bits per heavy atom. The highest BCUT2D eigenvalue weighted by Crippen LogP contribution is 2.24. The molecule has 2 rings (SSSR count). The number of aliphatic hydroxyl groups is 1. The van der Waals surface area contributed by atoms with Crippen molar-refractivity contribution in [3.05, 3.63) is 35.9 Å². The van der Waals surface area contributed by atoms with Gasteiger partial charge >= 0.3 is 0 Å². The van der Waals surface area contributed by atoms with Gasteiger partial charge in [-0.05, 0) is 12.5 Å². The number of hydrogen-bond acceptors (Lipinski definition) is 6. The van der Waals surface area contributed by atoms with E-state index in [1.807, 2.05) is 37.3 Å². The molecule has 1 aliphatic heterocycles. The highest BCUT2D eigenvalue weighted by Gasteiger charge is 2.44. The molecule has 3 N–H and O–H groups in total. The molecule has 0 bridgehead atoms. The lowest BCUT2D eigenvalue weighted by Crippen LogP contribution is -2.63. The molecule has 1 heterocycles. The quantitative estimate of drug-likeness (QED) is 0.770. The molecule has 3 unspecified atom stereocenters. The second-order valence-corrected chi connectivity index (χ2v) is 5.26. The van der Waals surface area contributed by atoms with Gasteiger partial charge in [0.2, 0.25) is 0 Å². The van der Waals surface area contributed by atoms with Gasteiger partial charge < -0.3 is 29.8 Å². The van der Waals surface area contributed by atoms with E-state index in [2.05, 4.69) is 0 Å². The van der Waals surface area contributed by atoms with Crippen LogP contribution in [0.1, 0.15) is 12.5 Å². The third-order valence-corrected chi connectivity index (χ3v) is 3.74. The number of hydrogen-bond donors (Lipinski definition) is 2. The molecule has 5 atom stereocenters. The van der Waals surface area contributed by atoms with Crippen LogP contribution in [0.15, 0.2) is 30.3 Å². The van der Waals surface area contributed by atoms with Crippen molar-refractivity contribution in [2.75, 3.05) is 20.3 Å². The Labute approximate surface area is 131 Å². The van der Waals surface area contributed by atoms with Crippen LogP contribution in [0.2, 0.25) is 0 Å². The van der Waals surface area contributed by atoms with Gasteiger partial charge in [-0.2, -0.15) is 0 Å². The Kier molecular flexibility index (Phi) is 6.75. The largest absolute Gasteiger partial charge is 0.376 e. The van der Waals surface area contributed by atoms with Gasteiger partial charge in [0.15, 0.2) is 6.29 Å². The molecule has 0 saturated carbocycles. The summed E-state index contributed by atoms with van der Waals surface area (Å²) in [6, 6.07) is 9.21. The maximum absolute atomic E-state index is 9.94. The van der Waals surface area contributed by atoms with Gasteiger partial charge in [0.1, 0.15) is 18.3 Å². The van der Waals surface area contributed by atoms with Gasteiger partial charge in [-0.25, -0.2) is 0 Å². The lowest BCUT2D eigenvalue weighted by molar-refractivity contribution is -0.264. The van der Waals surface area contributed by atoms with Crippen LogP contribution < -0.4 is 5.73 Å². The van der Waals surface area contributed by atoms with Gasteiger partial charge in [0.05, 0.1) is 19.3 Å². The Balaban J connectivity index is 1.93. The summed E-state index contributed by atoms with van der Waals surface area (Å²) in [7, 11) is 1.58. The normalized spacial score (nSPS) is 32.1. The van der Waals surface area contributed by atoms with E-state index in [0.29, 0.717) is 19.8 Å². The van der Waals surface area contributed by atoms with E-state index < -0.39 is 24.5 Å². The predicted octanol–water partition coefficient (Wildman–Crippen LogP) is 0.668. The second kappa shape index (κ2) is 8.57. The Hall–Kier alpha value is -1.02. The maximum Gasteiger partial charge on any atom is 0.173 e. The average Bonchev–Trinajstić information content (AvgIpc) is 2.53. The summed E-state index contributed by atoms with van der Waals surface area (Å²) >= 11 is 0. The van der Waals surface area contributed by atoms with Crippen LogP contribution in [0.25, 0.3) is 0 Å². The van der Waals surface area contributed by atoms with Crippen molar-refractivity contribution in [3.8, 4) is 0 Å². The van der Waals surface area contributed by atoms with Gasteiger partial charge in [-0.3, -0.25) is 0 Å². The minimum Gasteiger partial charge on any atom is -0.376 e. The molecule has 1 fully saturated rings. The zero-order valence-corrected chi connectivity index (χ0v) is 13.1. The topological polar surface area (TPSA) is 83.2 Å². The molecule has 0 aromatic heterocycles. The van der Waals surface area contributed by atoms with Crippen LogP contribution in [0, 0.1) is 0 Å². The van der Waals surface area contributed by atoms with E-state index in [1.165, 1.54) is 0 Å². The number of benzene rings is 1. The molecule has 6 nitrogen and oxygen atoms in total. The molecule has 1 aromatic carbocycles. The molecule has 1 aliphatic rings. The van der Waals surface area contributed by atoms with E-state index in [1.54, 1.807) is 7.11 Å². The van der Waals surface area contributed by atoms with E-state index in [9.17, 15) is 5.11 Å². The molecule has 0 spiro atoms. The first-order valence-electron chi connectivity index (χ1n) is 7.52. The summed E-state index contributed by atoms with van der Waals surface area (Å²) in [6.45, 7) is 3.13. The number of methoxy groups -OCH3 is 1. The molecule has 0 radical (unpaired) electrons. The highest BCUT2D eigenvalue weighted by molar-refractivity contribution is 5.13. The standard InChI is InChI=1S/C16H25NO5/c1-3-21-15-13(17)16(18)22-12(14(15)19-2)10-20-9-11-7-5-4-6-8-11/h4-8,12-16,18H,3,9-10,17H2,1-2H3/t12?,13?,14-,15+,16?/m0/s1. The molecule has 124 valence electrons. The first-order valence-corrected chi connectivity index (χ1v) is 7.52. The molecule has 22 heavy (non-hydrogen) atoms. The third-order valence-electron chi connectivity index (χ3n) is 3.74. The van der Waals surface area contributed by atoms with E-state index in [4.69, 9.17) is 24.7 Å². The van der Waals surface area contributed by atoms with Crippen molar-refractivity contribution >= 4 is 0 Å². The van der Waals surface area contributed by atoms with Crippen molar-refractivity contribution in [2.45, 2.75) is 44.2 Å². The fourth-order valence-corrected chi connectivity index (χ4v) is 2.63. The lowest BCUT2D eigenvalue weighted by atomic mass is 9.97. The summed E-state index contributed by atoms with van der Waals surface area (Å²) < 4.78 is 22.3. The minimum atomic E-state index is -1.09. The smallest absolute Gasteiger partial charge is 0.173 e. The predicted molar refractivity (Wildman–Crippen MR) is 81.2 cm³/mol. The summed E-state index contributed by atoms with van der Waals surface area (Å²) in [6.07, 6.45) is -2.33. The average molecular weight is 311 g/mol. The van der Waals surface area contributed by atoms with Crippen LogP contribution >= 0.6 is 0 Å². The van der Waals surface area contributed by atoms with Gasteiger partial charge in [0, 0.05) is 13.7 Å². The third kappa shape index (κ3) is 4.25. The van der Waals surface area contributed by atoms with Crippen molar-refractivity contribution in [1.82, 2.24) is 0 Å². The van der Waals surface area contributed by atoms with Crippen LogP contribution in [0.5, 0.6) is 0 Å². The Morgan fingerprint density at radius 1 is 1.23 bits per heavy atom. The number of aliphatic hydroxyl groups excluding tert-OH is 1. The first-order chi connectivity index (χ1) is 10.7. The van der Waals surface area contributed by atoms with Crippen molar-refractivity contribution in [2.24, 2.45) is 5.73 Å². The van der Waals surface area contributed by atoms with Gasteiger partial charge in [-0.15, -0.1) is 0 Å². The summed E-state index contributed by atoms with van der Waals surface area (Å²) in [5, 5.41) is 9.94. The molecule has 1 saturated heterocycles. The van der Waals surface area contributed by atoms with Crippen LogP contribution in [-0.2, 0) is 25.6 Å². The molecule has 0 aliphatic carbocycles. The molecule has 1 aromatic rings. The molecular formula is C16H25NO5. The molecule has 0 amide bonds. The molecular weight excluding hydrogens is 286 g/mol. The summed E-state index contributed by atoms with van der Waals surface area (Å²) in [5.74, 6) is 0. The zero-order valence-electron chi connectivity index (χ0n) is 13.1. The number of ether oxygens (including phenoxy) is 4. The number of nitrogens with two attached hydrogens (primary N) is 1. The fraction of sp³-hybridized carbons (Fsp3) is 0.625. The maximum atomic E-state index is 9.94. The van der Waals surface area contributed by atoms with Crippen molar-refractivity contribution in [3.63, 3.8) is 0 Å². The summed E-state index contributed by atoms with van der Waals surface area (Å²) in [5.41, 5.74) is 7.01. The van der Waals surface area contributed by atoms with Crippen LogP contribution in [0.3, 0.4) is 0 Å². The zero-order chi connectivity index (χ0) is 15.9. The van der Waals surface area contributed by atoms with Crippen LogP contribution in [-0.4, -0.2) is 56.1 Å². The first kappa shape index (κ1) is 17.3. The van der Waals surface area contributed by atoms with E-state index >= 15 is 0 Å². The molecule has 6 heteroatoms. The highest BCUT2D eigenvalue weighted by atomic mass is 16.6. The second-order valence-electron chi connectivity index (χ2n) is 5.26. The Morgan fingerprint density at radius 3 is 2.59 bits per heavy atom. The van der Waals surface area contributed by atoms with Crippen LogP contribution in [0.4, 0.5) is 0 Å². The van der Waals surface area contributed by atoms with Gasteiger partial charge in [-0.1, -0.05) is 30.3 Å². The van der Waals surface area contributed by atoms with E-state index in [-0.39, 0.29) is 6.10 Å². The van der Waals surface area contributed by atoms with Crippen molar-refractivity contribution < 1.29 is 24.1 Å². The SMILES string of the molecule is CCO[C@@H]1C(N)C(O)OC(COCc2ccccc2)[C@@H]1OC. The fourth-order valence-electron chi connectivity index (χ4n) is 2.63. The Bertz CT molecular complexity index is 430. The van der Waals surface area contributed by atoms with E-state index in [0.717, 1.165) is 5.56 Å². The monoisotopic (exact) mass is 311 g/mol. The van der Waals surface area contributed by atoms with Crippen molar-refractivity contribution in [1.29, 1.82) is 0 Å². The van der Waals surface area contributed by atoms with Gasteiger partial charge in [0.25, 0.3) is 0 Å². The lowest BCUT2D eigenvalue weighted by Gasteiger charge is -2.42.